The van der Waals surface area contributed by atoms with Crippen molar-refractivity contribution in [1.29, 1.82) is 0 Å². The smallest absolute Gasteiger partial charge is 0.209 e. The van der Waals surface area contributed by atoms with E-state index in [-0.39, 0.29) is 12.2 Å². The number of aromatic nitrogens is 1. The molecule has 1 aromatic heterocycles. The van der Waals surface area contributed by atoms with Gasteiger partial charge < -0.3 is 0 Å². The van der Waals surface area contributed by atoms with Crippen molar-refractivity contribution in [2.75, 3.05) is 0 Å². The van der Waals surface area contributed by atoms with E-state index in [1.54, 1.807) is 18.5 Å². The van der Waals surface area contributed by atoms with Crippen LogP contribution in [-0.2, 0) is 11.2 Å². The zero-order valence-electron chi connectivity index (χ0n) is 13.8. The number of pyridine rings is 1. The molecule has 128 valence electrons. The molecule has 1 atom stereocenters. The van der Waals surface area contributed by atoms with E-state index in [9.17, 15) is 4.79 Å². The number of azo groups is 1. The van der Waals surface area contributed by atoms with Crippen LogP contribution in [0.1, 0.15) is 11.1 Å². The first-order valence-electron chi connectivity index (χ1n) is 8.10. The Bertz CT molecular complexity index is 1080. The lowest BCUT2D eigenvalue weighted by Crippen LogP contribution is -2.43. The van der Waals surface area contributed by atoms with Crippen molar-refractivity contribution < 1.29 is 4.79 Å². The lowest BCUT2D eigenvalue weighted by atomic mass is 9.96. The number of carbonyl (C=O) groups is 1. The second kappa shape index (κ2) is 6.55. The van der Waals surface area contributed by atoms with Gasteiger partial charge in [-0.05, 0) is 44.4 Å². The summed E-state index contributed by atoms with van der Waals surface area (Å²) in [6.07, 6.45) is 5.13. The number of hydrogen-bond acceptors (Lipinski definition) is 5. The molecule has 0 saturated carbocycles. The molecule has 6 heteroatoms. The highest BCUT2D eigenvalue weighted by Crippen LogP contribution is 2.29. The monoisotopic (exact) mass is 406 g/mol. The Morgan fingerprint density at radius 2 is 1.88 bits per heavy atom. The second-order valence-corrected chi connectivity index (χ2v) is 7.14. The van der Waals surface area contributed by atoms with Crippen molar-refractivity contribution in [3.8, 4) is 0 Å². The lowest BCUT2D eigenvalue weighted by molar-refractivity contribution is -0.121. The summed E-state index contributed by atoms with van der Waals surface area (Å²) >= 11 is 3.37. The quantitative estimate of drug-likeness (QED) is 0.702. The second-order valence-electron chi connectivity index (χ2n) is 6.23. The van der Waals surface area contributed by atoms with Crippen molar-refractivity contribution in [3.05, 3.63) is 82.6 Å². The minimum absolute atomic E-state index is 0.195. The van der Waals surface area contributed by atoms with Gasteiger partial charge >= 0.3 is 0 Å². The molecule has 5 nitrogen and oxygen atoms in total. The molecule has 0 saturated heterocycles. The summed E-state index contributed by atoms with van der Waals surface area (Å²) in [4.78, 5) is 16.9. The maximum Gasteiger partial charge on any atom is 0.209 e. The van der Waals surface area contributed by atoms with Crippen molar-refractivity contribution in [3.63, 3.8) is 0 Å². The number of nitrogens with zero attached hydrogens (tertiary/aromatic N) is 3. The predicted octanol–water partition coefficient (Wildman–Crippen LogP) is 4.27. The summed E-state index contributed by atoms with van der Waals surface area (Å²) in [5.41, 5.74) is 6.98. The minimum atomic E-state index is -1.44. The van der Waals surface area contributed by atoms with Gasteiger partial charge in [0, 0.05) is 28.9 Å². The molecule has 0 aliphatic carbocycles. The normalized spacial score (nSPS) is 18.9. The van der Waals surface area contributed by atoms with Gasteiger partial charge in [-0.15, -0.1) is 0 Å². The van der Waals surface area contributed by atoms with Crippen LogP contribution in [-0.4, -0.2) is 16.4 Å². The number of carbonyl (C=O) groups excluding carboxylic acids is 1. The van der Waals surface area contributed by atoms with E-state index in [1.807, 2.05) is 48.5 Å². The summed E-state index contributed by atoms with van der Waals surface area (Å²) < 4.78 is 0.822. The van der Waals surface area contributed by atoms with E-state index in [1.165, 1.54) is 0 Å². The Hall–Kier alpha value is -2.70. The molecule has 26 heavy (non-hydrogen) atoms. The number of Topliss-reactive ketones (excluding diaryl/α,β-unsaturated/α-hetero) is 1. The van der Waals surface area contributed by atoms with Gasteiger partial charge in [0.2, 0.25) is 5.66 Å². The molecule has 4 rings (SSSR count). The molecule has 3 aromatic rings. The predicted molar refractivity (Wildman–Crippen MR) is 104 cm³/mol. The van der Waals surface area contributed by atoms with Gasteiger partial charge in [0.1, 0.15) is 0 Å². The maximum absolute atomic E-state index is 12.8. The summed E-state index contributed by atoms with van der Waals surface area (Å²) in [6.45, 7) is 0. The highest BCUT2D eigenvalue weighted by Gasteiger charge is 2.36. The first-order chi connectivity index (χ1) is 12.5. The third-order valence-electron chi connectivity index (χ3n) is 4.31. The fraction of sp³-hybridized carbons (Fsp3) is 0.100. The van der Waals surface area contributed by atoms with Gasteiger partial charge in [0.25, 0.3) is 0 Å². The third kappa shape index (κ3) is 3.21. The Balaban J connectivity index is 1.58. The topological polar surface area (TPSA) is 80.7 Å². The minimum Gasteiger partial charge on any atom is -0.296 e. The van der Waals surface area contributed by atoms with Crippen LogP contribution in [0.25, 0.3) is 16.5 Å². The average molecular weight is 407 g/mol. The molecule has 0 amide bonds. The van der Waals surface area contributed by atoms with E-state index in [0.29, 0.717) is 5.70 Å². The molecule has 0 bridgehead atoms. The average Bonchev–Trinajstić information content (AvgIpc) is 3.05. The van der Waals surface area contributed by atoms with Gasteiger partial charge in [-0.2, -0.15) is 10.2 Å². The van der Waals surface area contributed by atoms with Crippen LogP contribution in [0.4, 0.5) is 0 Å². The molecule has 0 radical (unpaired) electrons. The number of nitrogens with two attached hydrogens (primary N) is 1. The summed E-state index contributed by atoms with van der Waals surface area (Å²) in [5, 5.41) is 10.3. The van der Waals surface area contributed by atoms with Gasteiger partial charge in [-0.25, -0.2) is 0 Å². The summed E-state index contributed by atoms with van der Waals surface area (Å²) in [7, 11) is 0. The van der Waals surface area contributed by atoms with Crippen LogP contribution in [0.15, 0.2) is 81.7 Å². The van der Waals surface area contributed by atoms with Crippen molar-refractivity contribution in [1.82, 2.24) is 4.98 Å². The molecular formula is C20H15BrN4O. The zero-order valence-corrected chi connectivity index (χ0v) is 15.3. The molecule has 2 aromatic carbocycles. The van der Waals surface area contributed by atoms with Gasteiger partial charge in [-0.1, -0.05) is 42.5 Å². The zero-order chi connectivity index (χ0) is 18.1. The van der Waals surface area contributed by atoms with Gasteiger partial charge in [0.05, 0.1) is 5.70 Å². The van der Waals surface area contributed by atoms with Crippen LogP contribution in [0.2, 0.25) is 0 Å². The van der Waals surface area contributed by atoms with Crippen molar-refractivity contribution in [2.45, 2.75) is 12.1 Å². The lowest BCUT2D eigenvalue weighted by Gasteiger charge is -2.15. The van der Waals surface area contributed by atoms with E-state index in [4.69, 9.17) is 5.73 Å². The number of halogens is 1. The standard InChI is InChI=1S/C20H15BrN4O/c21-17-9-16(11-23-12-17)18-10-20(22,25-24-18)19(26)8-13-5-6-14-3-1-2-4-15(14)7-13/h1-7,9-12H,8,22H2. The number of fused-ring (bicyclic) bond motifs is 1. The molecule has 2 heterocycles. The number of benzene rings is 2. The van der Waals surface area contributed by atoms with Crippen LogP contribution in [0.3, 0.4) is 0 Å². The molecular weight excluding hydrogens is 392 g/mol. The first kappa shape index (κ1) is 16.8. The highest BCUT2D eigenvalue weighted by atomic mass is 79.9. The largest absolute Gasteiger partial charge is 0.296 e. The fourth-order valence-electron chi connectivity index (χ4n) is 2.91. The first-order valence-corrected chi connectivity index (χ1v) is 8.89. The van der Waals surface area contributed by atoms with E-state index in [2.05, 4.69) is 31.1 Å². The number of hydrogen-bond donors (Lipinski definition) is 1. The maximum atomic E-state index is 12.8. The molecule has 2 N–H and O–H groups in total. The number of rotatable bonds is 4. The van der Waals surface area contributed by atoms with E-state index < -0.39 is 5.66 Å². The highest BCUT2D eigenvalue weighted by molar-refractivity contribution is 9.10. The van der Waals surface area contributed by atoms with Gasteiger partial charge in [-0.3, -0.25) is 15.5 Å². The van der Waals surface area contributed by atoms with E-state index >= 15 is 0 Å². The Morgan fingerprint density at radius 3 is 2.69 bits per heavy atom. The van der Waals surface area contributed by atoms with Gasteiger partial charge in [0.15, 0.2) is 5.78 Å². The summed E-state index contributed by atoms with van der Waals surface area (Å²) in [5.74, 6) is -0.200. The van der Waals surface area contributed by atoms with E-state index in [0.717, 1.165) is 26.4 Å². The molecule has 1 aliphatic heterocycles. The molecule has 0 fully saturated rings. The fourth-order valence-corrected chi connectivity index (χ4v) is 3.27. The van der Waals surface area contributed by atoms with Crippen molar-refractivity contribution >= 4 is 38.2 Å². The number of ketones is 1. The molecule has 0 spiro atoms. The summed E-state index contributed by atoms with van der Waals surface area (Å²) in [6, 6.07) is 15.8. The van der Waals surface area contributed by atoms with Crippen LogP contribution in [0.5, 0.6) is 0 Å². The van der Waals surface area contributed by atoms with Crippen LogP contribution in [0, 0.1) is 0 Å². The van der Waals surface area contributed by atoms with Crippen LogP contribution >= 0.6 is 15.9 Å². The van der Waals surface area contributed by atoms with Crippen molar-refractivity contribution in [2.24, 2.45) is 16.0 Å². The molecule has 1 unspecified atom stereocenters. The molecule has 1 aliphatic rings. The Morgan fingerprint density at radius 1 is 1.08 bits per heavy atom. The van der Waals surface area contributed by atoms with Crippen LogP contribution < -0.4 is 5.73 Å². The Labute approximate surface area is 158 Å². The Kier molecular flexibility index (Phi) is 4.22. The SMILES string of the molecule is NC1(C(=O)Cc2ccc3ccccc3c2)C=C(c2cncc(Br)c2)N=N1. The third-order valence-corrected chi connectivity index (χ3v) is 4.74.